The molecule has 3 aromatic carbocycles. The van der Waals surface area contributed by atoms with Gasteiger partial charge in [-0.15, -0.1) is 54.1 Å². The van der Waals surface area contributed by atoms with Gasteiger partial charge in [0.15, 0.2) is 0 Å². The number of benzene rings is 3. The van der Waals surface area contributed by atoms with Gasteiger partial charge < -0.3 is 14.4 Å². The third kappa shape index (κ3) is 6.27. The summed E-state index contributed by atoms with van der Waals surface area (Å²) in [5.41, 5.74) is 7.04. The molecule has 4 nitrogen and oxygen atoms in total. The van der Waals surface area contributed by atoms with Crippen molar-refractivity contribution in [3.05, 3.63) is 127 Å². The molecule has 4 heterocycles. The van der Waals surface area contributed by atoms with Gasteiger partial charge in [-0.3, -0.25) is 4.98 Å². The van der Waals surface area contributed by atoms with E-state index in [1.165, 1.54) is 5.56 Å². The minimum atomic E-state index is 0. The SMILES string of the molecule is CC(C)(C)Cc1ccnc(-c2[c-]ccc3c2oc2c4ccncc4ccc32)c1.[Ir].[c-]1ccccc1-c1ccccn1. The minimum absolute atomic E-state index is 0. The summed E-state index contributed by atoms with van der Waals surface area (Å²) in [7, 11) is 0. The van der Waals surface area contributed by atoms with Crippen LogP contribution in [-0.4, -0.2) is 15.0 Å². The second kappa shape index (κ2) is 12.1. The molecule has 205 valence electrons. The van der Waals surface area contributed by atoms with Gasteiger partial charge >= 0.3 is 0 Å². The molecule has 0 N–H and O–H groups in total. The van der Waals surface area contributed by atoms with Crippen LogP contribution in [-0.2, 0) is 26.5 Å². The van der Waals surface area contributed by atoms with Gasteiger partial charge in [0.1, 0.15) is 5.58 Å². The number of rotatable bonds is 3. The third-order valence-corrected chi connectivity index (χ3v) is 6.68. The second-order valence-electron chi connectivity index (χ2n) is 11.0. The van der Waals surface area contributed by atoms with Gasteiger partial charge in [-0.2, -0.15) is 0 Å². The third-order valence-electron chi connectivity index (χ3n) is 6.68. The van der Waals surface area contributed by atoms with Crippen molar-refractivity contribution >= 4 is 32.7 Å². The van der Waals surface area contributed by atoms with Gasteiger partial charge in [0.2, 0.25) is 0 Å². The maximum Gasteiger partial charge on any atom is 0.128 e. The fraction of sp³-hybridized carbons (Fsp3) is 0.139. The number of hydrogen-bond acceptors (Lipinski definition) is 4. The summed E-state index contributed by atoms with van der Waals surface area (Å²) < 4.78 is 6.39. The van der Waals surface area contributed by atoms with Gasteiger partial charge in [-0.1, -0.05) is 67.6 Å². The number of aromatic nitrogens is 3. The van der Waals surface area contributed by atoms with Crippen LogP contribution in [0, 0.1) is 17.5 Å². The van der Waals surface area contributed by atoms with E-state index in [0.717, 1.165) is 61.6 Å². The van der Waals surface area contributed by atoms with Crippen LogP contribution >= 0.6 is 0 Å². The van der Waals surface area contributed by atoms with Gasteiger partial charge in [0.05, 0.1) is 5.58 Å². The van der Waals surface area contributed by atoms with Crippen LogP contribution in [0.3, 0.4) is 0 Å². The predicted molar refractivity (Wildman–Crippen MR) is 163 cm³/mol. The van der Waals surface area contributed by atoms with Crippen LogP contribution in [0.5, 0.6) is 0 Å². The van der Waals surface area contributed by atoms with Crippen LogP contribution in [0.4, 0.5) is 0 Å². The molecule has 0 spiro atoms. The van der Waals surface area contributed by atoms with E-state index in [4.69, 9.17) is 4.42 Å². The Morgan fingerprint density at radius 2 is 1.54 bits per heavy atom. The molecule has 1 radical (unpaired) electrons. The summed E-state index contributed by atoms with van der Waals surface area (Å²) in [5, 5.41) is 4.34. The molecule has 0 saturated heterocycles. The average Bonchev–Trinajstić information content (AvgIpc) is 3.37. The van der Waals surface area contributed by atoms with Crippen LogP contribution in [0.2, 0.25) is 0 Å². The topological polar surface area (TPSA) is 51.8 Å². The molecule has 0 aliphatic heterocycles. The van der Waals surface area contributed by atoms with Gasteiger partial charge in [-0.05, 0) is 41.4 Å². The van der Waals surface area contributed by atoms with Crippen LogP contribution in [0.25, 0.3) is 55.2 Å². The molecular formula is C36H29IrN3O-2. The molecule has 41 heavy (non-hydrogen) atoms. The number of pyridine rings is 3. The maximum atomic E-state index is 6.39. The zero-order valence-electron chi connectivity index (χ0n) is 23.2. The zero-order chi connectivity index (χ0) is 27.5. The fourth-order valence-electron chi connectivity index (χ4n) is 4.96. The first-order valence-corrected chi connectivity index (χ1v) is 13.4. The van der Waals surface area contributed by atoms with Crippen LogP contribution < -0.4 is 0 Å². The van der Waals surface area contributed by atoms with E-state index in [1.54, 1.807) is 12.4 Å². The Labute approximate surface area is 253 Å². The summed E-state index contributed by atoms with van der Waals surface area (Å²) in [6.07, 6.45) is 8.34. The summed E-state index contributed by atoms with van der Waals surface area (Å²) in [5.74, 6) is 0. The van der Waals surface area contributed by atoms with E-state index in [1.807, 2.05) is 67.0 Å². The van der Waals surface area contributed by atoms with Gasteiger partial charge in [0, 0.05) is 61.1 Å². The summed E-state index contributed by atoms with van der Waals surface area (Å²) in [4.78, 5) is 13.1. The molecule has 5 heteroatoms. The Kier molecular flexibility index (Phi) is 8.39. The van der Waals surface area contributed by atoms with Crippen molar-refractivity contribution < 1.29 is 24.5 Å². The molecule has 0 fully saturated rings. The van der Waals surface area contributed by atoms with Crippen molar-refractivity contribution in [1.29, 1.82) is 0 Å². The number of hydrogen-bond donors (Lipinski definition) is 0. The number of furan rings is 1. The van der Waals surface area contributed by atoms with Crippen molar-refractivity contribution in [2.24, 2.45) is 5.41 Å². The second-order valence-corrected chi connectivity index (χ2v) is 11.0. The molecule has 0 unspecified atom stereocenters. The molecule has 0 aliphatic rings. The monoisotopic (exact) mass is 712 g/mol. The van der Waals surface area contributed by atoms with Crippen molar-refractivity contribution in [2.75, 3.05) is 0 Å². The first-order valence-electron chi connectivity index (χ1n) is 13.4. The van der Waals surface area contributed by atoms with E-state index in [9.17, 15) is 0 Å². The fourth-order valence-corrected chi connectivity index (χ4v) is 4.96. The smallest absolute Gasteiger partial charge is 0.128 e. The number of nitrogens with zero attached hydrogens (tertiary/aromatic N) is 3. The molecule has 0 amide bonds. The van der Waals surface area contributed by atoms with E-state index in [2.05, 4.69) is 78.2 Å². The van der Waals surface area contributed by atoms with Crippen LogP contribution in [0.15, 0.2) is 114 Å². The molecule has 7 aromatic rings. The quantitative estimate of drug-likeness (QED) is 0.172. The normalized spacial score (nSPS) is 11.2. The van der Waals surface area contributed by atoms with E-state index in [-0.39, 0.29) is 25.5 Å². The van der Waals surface area contributed by atoms with Crippen LogP contribution in [0.1, 0.15) is 26.3 Å². The minimum Gasteiger partial charge on any atom is -0.500 e. The Morgan fingerprint density at radius 3 is 2.32 bits per heavy atom. The summed E-state index contributed by atoms with van der Waals surface area (Å²) >= 11 is 0. The van der Waals surface area contributed by atoms with E-state index >= 15 is 0 Å². The molecule has 0 aliphatic carbocycles. The Hall–Kier alpha value is -4.18. The van der Waals surface area contributed by atoms with Gasteiger partial charge in [-0.25, -0.2) is 0 Å². The summed E-state index contributed by atoms with van der Waals surface area (Å²) in [6, 6.07) is 34.7. The Balaban J connectivity index is 0.000000218. The molecule has 0 bridgehead atoms. The van der Waals surface area contributed by atoms with Gasteiger partial charge in [0.25, 0.3) is 0 Å². The van der Waals surface area contributed by atoms with Crippen molar-refractivity contribution in [3.63, 3.8) is 0 Å². The largest absolute Gasteiger partial charge is 0.500 e. The average molecular weight is 712 g/mol. The predicted octanol–water partition coefficient (Wildman–Crippen LogP) is 9.13. The number of fused-ring (bicyclic) bond motifs is 5. The maximum absolute atomic E-state index is 6.39. The molecule has 4 aromatic heterocycles. The van der Waals surface area contributed by atoms with E-state index < -0.39 is 0 Å². The Bertz CT molecular complexity index is 1870. The Morgan fingerprint density at radius 1 is 0.707 bits per heavy atom. The van der Waals surface area contributed by atoms with Crippen molar-refractivity contribution in [1.82, 2.24) is 15.0 Å². The molecule has 0 atom stereocenters. The molecule has 0 saturated carbocycles. The zero-order valence-corrected chi connectivity index (χ0v) is 25.6. The summed E-state index contributed by atoms with van der Waals surface area (Å²) in [6.45, 7) is 6.75. The van der Waals surface area contributed by atoms with Crippen molar-refractivity contribution in [2.45, 2.75) is 27.2 Å². The van der Waals surface area contributed by atoms with Crippen molar-refractivity contribution in [3.8, 4) is 22.5 Å². The van der Waals surface area contributed by atoms with E-state index in [0.29, 0.717) is 0 Å². The standard InChI is InChI=1S/C25H21N2O.C11H8N.Ir/c1-25(2,3)14-16-9-12-27-22(13-16)21-6-4-5-19-20-8-7-17-15-26-11-10-18(17)23(20)28-24(19)21;1-2-6-10(7-3-1)11-8-4-5-9-12-11;/h4-5,7-13,15H,14H2,1-3H3;1-6,8-9H;/q2*-1;. The first kappa shape index (κ1) is 28.4. The first-order chi connectivity index (χ1) is 19.5. The molecule has 7 rings (SSSR count). The molecular weight excluding hydrogens is 683 g/mol.